The van der Waals surface area contributed by atoms with E-state index in [0.29, 0.717) is 49.2 Å². The molecule has 1 aromatic heterocycles. The van der Waals surface area contributed by atoms with E-state index in [1.165, 1.54) is 0 Å². The average molecular weight is 371 g/mol. The summed E-state index contributed by atoms with van der Waals surface area (Å²) in [5.74, 6) is 2.03. The van der Waals surface area contributed by atoms with Gasteiger partial charge < -0.3 is 25.0 Å². The predicted octanol–water partition coefficient (Wildman–Crippen LogP) is 1.82. The molecule has 1 aliphatic rings. The molecule has 0 aliphatic carbocycles. The number of carbonyl (C=O) groups excluding carboxylic acids is 1. The number of nitrogen functional groups attached to an aromatic ring is 1. The fourth-order valence-corrected chi connectivity index (χ4v) is 2.97. The molecular formula is C19H25N5O3. The number of hydrogen-bond acceptors (Lipinski definition) is 7. The third kappa shape index (κ3) is 4.58. The van der Waals surface area contributed by atoms with Crippen molar-refractivity contribution in [2.75, 3.05) is 43.9 Å². The van der Waals surface area contributed by atoms with Crippen LogP contribution in [0.5, 0.6) is 11.6 Å². The molecule has 0 atom stereocenters. The first-order valence-corrected chi connectivity index (χ1v) is 8.95. The van der Waals surface area contributed by atoms with Gasteiger partial charge in [-0.25, -0.2) is 0 Å². The molecule has 0 spiro atoms. The molecule has 1 aliphatic heterocycles. The first kappa shape index (κ1) is 18.8. The van der Waals surface area contributed by atoms with Crippen LogP contribution in [0.4, 0.5) is 11.8 Å². The zero-order chi connectivity index (χ0) is 19.4. The Morgan fingerprint density at radius 2 is 1.89 bits per heavy atom. The lowest BCUT2D eigenvalue weighted by atomic mass is 10.1. The second-order valence-corrected chi connectivity index (χ2v) is 6.60. The van der Waals surface area contributed by atoms with Crippen molar-refractivity contribution in [1.82, 2.24) is 14.9 Å². The van der Waals surface area contributed by atoms with Crippen LogP contribution in [-0.2, 0) is 0 Å². The molecule has 1 aromatic carbocycles. The van der Waals surface area contributed by atoms with Gasteiger partial charge in [0.05, 0.1) is 13.2 Å². The molecule has 0 saturated carbocycles. The topological polar surface area (TPSA) is 93.8 Å². The van der Waals surface area contributed by atoms with Crippen molar-refractivity contribution in [1.29, 1.82) is 0 Å². The number of amides is 1. The monoisotopic (exact) mass is 371 g/mol. The Morgan fingerprint density at radius 1 is 1.15 bits per heavy atom. The molecule has 3 rings (SSSR count). The number of anilines is 2. The lowest BCUT2D eigenvalue weighted by molar-refractivity contribution is 0.0746. The molecule has 0 bridgehead atoms. The molecule has 1 saturated heterocycles. The van der Waals surface area contributed by atoms with Gasteiger partial charge in [-0.3, -0.25) is 4.79 Å². The zero-order valence-corrected chi connectivity index (χ0v) is 15.9. The van der Waals surface area contributed by atoms with Crippen molar-refractivity contribution in [3.63, 3.8) is 0 Å². The summed E-state index contributed by atoms with van der Waals surface area (Å²) < 4.78 is 10.8. The average Bonchev–Trinajstić information content (AvgIpc) is 2.66. The van der Waals surface area contributed by atoms with Gasteiger partial charge in [0.1, 0.15) is 11.6 Å². The van der Waals surface area contributed by atoms with Crippen LogP contribution in [0.25, 0.3) is 0 Å². The molecule has 1 amide bonds. The SMILES string of the molecule is COc1cccc(C(=O)N2CCN(c3cc(OC(C)C)nc(N)n3)CC2)c1. The summed E-state index contributed by atoms with van der Waals surface area (Å²) >= 11 is 0. The molecule has 27 heavy (non-hydrogen) atoms. The number of rotatable bonds is 5. The molecule has 8 nitrogen and oxygen atoms in total. The Kier molecular flexibility index (Phi) is 5.63. The van der Waals surface area contributed by atoms with E-state index in [2.05, 4.69) is 14.9 Å². The number of aromatic nitrogens is 2. The molecule has 0 unspecified atom stereocenters. The van der Waals surface area contributed by atoms with Crippen LogP contribution < -0.4 is 20.1 Å². The minimum absolute atomic E-state index is 0.000387. The highest BCUT2D eigenvalue weighted by Crippen LogP contribution is 2.22. The molecule has 144 valence electrons. The van der Waals surface area contributed by atoms with Gasteiger partial charge in [-0.15, -0.1) is 0 Å². The van der Waals surface area contributed by atoms with Crippen LogP contribution in [0.1, 0.15) is 24.2 Å². The summed E-state index contributed by atoms with van der Waals surface area (Å²) in [6, 6.07) is 9.00. The molecule has 0 radical (unpaired) electrons. The van der Waals surface area contributed by atoms with Gasteiger partial charge in [-0.1, -0.05) is 6.07 Å². The quantitative estimate of drug-likeness (QED) is 0.857. The highest BCUT2D eigenvalue weighted by atomic mass is 16.5. The van der Waals surface area contributed by atoms with Crippen molar-refractivity contribution in [3.05, 3.63) is 35.9 Å². The van der Waals surface area contributed by atoms with E-state index in [4.69, 9.17) is 15.2 Å². The third-order valence-electron chi connectivity index (χ3n) is 4.27. The molecule has 2 N–H and O–H groups in total. The lowest BCUT2D eigenvalue weighted by Crippen LogP contribution is -2.49. The van der Waals surface area contributed by atoms with E-state index < -0.39 is 0 Å². The molecule has 2 heterocycles. The summed E-state index contributed by atoms with van der Waals surface area (Å²) in [6.07, 6.45) is 0.00415. The van der Waals surface area contributed by atoms with E-state index in [-0.39, 0.29) is 18.0 Å². The van der Waals surface area contributed by atoms with Crippen LogP contribution >= 0.6 is 0 Å². The summed E-state index contributed by atoms with van der Waals surface area (Å²) in [7, 11) is 1.59. The zero-order valence-electron chi connectivity index (χ0n) is 15.9. The number of methoxy groups -OCH3 is 1. The largest absolute Gasteiger partial charge is 0.497 e. The Labute approximate surface area is 158 Å². The minimum atomic E-state index is -0.000387. The van der Waals surface area contributed by atoms with E-state index in [9.17, 15) is 4.79 Å². The number of ether oxygens (including phenoxy) is 2. The normalized spacial score (nSPS) is 14.4. The van der Waals surface area contributed by atoms with Gasteiger partial charge in [0.15, 0.2) is 0 Å². The Hall–Kier alpha value is -3.03. The van der Waals surface area contributed by atoms with Gasteiger partial charge in [-0.05, 0) is 32.0 Å². The number of carbonyl (C=O) groups is 1. The van der Waals surface area contributed by atoms with Gasteiger partial charge in [0.2, 0.25) is 11.8 Å². The highest BCUT2D eigenvalue weighted by Gasteiger charge is 2.24. The minimum Gasteiger partial charge on any atom is -0.497 e. The number of benzene rings is 1. The van der Waals surface area contributed by atoms with E-state index >= 15 is 0 Å². The van der Waals surface area contributed by atoms with Gasteiger partial charge >= 0.3 is 0 Å². The van der Waals surface area contributed by atoms with Crippen molar-refractivity contribution >= 4 is 17.7 Å². The maximum Gasteiger partial charge on any atom is 0.254 e. The maximum atomic E-state index is 12.7. The number of piperazine rings is 1. The Bertz CT molecular complexity index is 804. The lowest BCUT2D eigenvalue weighted by Gasteiger charge is -2.35. The number of nitrogens with zero attached hydrogens (tertiary/aromatic N) is 4. The van der Waals surface area contributed by atoms with Crippen molar-refractivity contribution in [3.8, 4) is 11.6 Å². The van der Waals surface area contributed by atoms with Crippen LogP contribution in [0.15, 0.2) is 30.3 Å². The fraction of sp³-hybridized carbons (Fsp3) is 0.421. The van der Waals surface area contributed by atoms with Crippen LogP contribution in [-0.4, -0.2) is 60.2 Å². The fourth-order valence-electron chi connectivity index (χ4n) is 2.97. The Morgan fingerprint density at radius 3 is 2.56 bits per heavy atom. The maximum absolute atomic E-state index is 12.7. The first-order chi connectivity index (χ1) is 13.0. The van der Waals surface area contributed by atoms with Crippen molar-refractivity contribution in [2.24, 2.45) is 0 Å². The van der Waals surface area contributed by atoms with E-state index in [1.807, 2.05) is 30.9 Å². The number of nitrogens with two attached hydrogens (primary N) is 1. The van der Waals surface area contributed by atoms with Crippen LogP contribution in [0.3, 0.4) is 0 Å². The standard InChI is InChI=1S/C19H25N5O3/c1-13(2)27-17-12-16(21-19(20)22-17)23-7-9-24(10-8-23)18(25)14-5-4-6-15(11-14)26-3/h4-6,11-13H,7-10H2,1-3H3,(H2,20,21,22). The number of hydrogen-bond donors (Lipinski definition) is 1. The molecular weight excluding hydrogens is 346 g/mol. The van der Waals surface area contributed by atoms with E-state index in [0.717, 1.165) is 0 Å². The van der Waals surface area contributed by atoms with Crippen molar-refractivity contribution in [2.45, 2.75) is 20.0 Å². The molecule has 8 heteroatoms. The van der Waals surface area contributed by atoms with Crippen molar-refractivity contribution < 1.29 is 14.3 Å². The van der Waals surface area contributed by atoms with Gasteiger partial charge in [0.25, 0.3) is 5.91 Å². The summed E-state index contributed by atoms with van der Waals surface area (Å²) in [4.78, 5) is 25.1. The predicted molar refractivity (Wildman–Crippen MR) is 103 cm³/mol. The molecule has 2 aromatic rings. The third-order valence-corrected chi connectivity index (χ3v) is 4.27. The summed E-state index contributed by atoms with van der Waals surface area (Å²) in [5.41, 5.74) is 6.44. The highest BCUT2D eigenvalue weighted by molar-refractivity contribution is 5.94. The second kappa shape index (κ2) is 8.11. The van der Waals surface area contributed by atoms with Gasteiger partial charge in [-0.2, -0.15) is 9.97 Å². The first-order valence-electron chi connectivity index (χ1n) is 8.95. The van der Waals surface area contributed by atoms with Gasteiger partial charge in [0, 0.05) is 37.8 Å². The van der Waals surface area contributed by atoms with Crippen LogP contribution in [0, 0.1) is 0 Å². The second-order valence-electron chi connectivity index (χ2n) is 6.60. The Balaban J connectivity index is 1.66. The smallest absolute Gasteiger partial charge is 0.254 e. The van der Waals surface area contributed by atoms with Crippen LogP contribution in [0.2, 0.25) is 0 Å². The summed E-state index contributed by atoms with van der Waals surface area (Å²) in [5, 5.41) is 0. The van der Waals surface area contributed by atoms with E-state index in [1.54, 1.807) is 25.3 Å². The summed E-state index contributed by atoms with van der Waals surface area (Å²) in [6.45, 7) is 6.38. The molecule has 1 fully saturated rings.